The number of hydrogen-bond acceptors (Lipinski definition) is 22. The lowest BCUT2D eigenvalue weighted by molar-refractivity contribution is -0.308. The molecule has 0 unspecified atom stereocenters. The van der Waals surface area contributed by atoms with Crippen LogP contribution in [0.4, 0.5) is 8.90 Å². The molecular formula is C60H92FN12O23Si-3. The largest absolute Gasteiger partial charge is 0.549 e. The van der Waals surface area contributed by atoms with Crippen LogP contribution in [0, 0.1) is 0 Å². The molecule has 1 heterocycles. The van der Waals surface area contributed by atoms with Crippen LogP contribution in [0.25, 0.3) is 0 Å². The van der Waals surface area contributed by atoms with Gasteiger partial charge in [-0.1, -0.05) is 53.7 Å². The van der Waals surface area contributed by atoms with E-state index in [-0.39, 0.29) is 116 Å². The Labute approximate surface area is 560 Å². The van der Waals surface area contributed by atoms with Crippen molar-refractivity contribution in [3.05, 3.63) is 29.8 Å². The van der Waals surface area contributed by atoms with Gasteiger partial charge in [0, 0.05) is 123 Å². The van der Waals surface area contributed by atoms with Crippen molar-refractivity contribution in [1.82, 2.24) is 62.1 Å². The van der Waals surface area contributed by atoms with Crippen LogP contribution < -0.4 is 63.0 Å². The number of carbonyl (C=O) groups excluding carboxylic acids is 10. The molecule has 8 amide bonds. The molecule has 35 nitrogen and oxygen atoms in total. The molecule has 1 saturated heterocycles. The summed E-state index contributed by atoms with van der Waals surface area (Å²) < 4.78 is 17.1. The number of halogens is 1. The molecule has 0 aromatic heterocycles. The average molecular weight is 1400 g/mol. The smallest absolute Gasteiger partial charge is 0.326 e. The van der Waals surface area contributed by atoms with E-state index in [4.69, 9.17) is 5.11 Å². The highest BCUT2D eigenvalue weighted by molar-refractivity contribution is 6.90. The molecule has 97 heavy (non-hydrogen) atoms. The quantitative estimate of drug-likeness (QED) is 0.0165. The summed E-state index contributed by atoms with van der Waals surface area (Å²) >= 11 is 0. The van der Waals surface area contributed by atoms with E-state index in [1.165, 1.54) is 43.9 Å². The van der Waals surface area contributed by atoms with Gasteiger partial charge in [0.2, 0.25) is 29.5 Å². The molecule has 0 aliphatic carbocycles. The third-order valence-electron chi connectivity index (χ3n) is 15.7. The van der Waals surface area contributed by atoms with E-state index in [2.05, 4.69) is 31.9 Å². The number of nitrogens with zero attached hydrogens (tertiary/aromatic N) is 4. The van der Waals surface area contributed by atoms with E-state index in [1.807, 2.05) is 52.2 Å². The van der Waals surface area contributed by atoms with E-state index in [0.717, 1.165) is 0 Å². The number of hydrogen-bond donors (Lipinski definition) is 13. The Morgan fingerprint density at radius 2 is 0.814 bits per heavy atom. The van der Waals surface area contributed by atoms with Gasteiger partial charge in [0.25, 0.3) is 14.3 Å². The second-order valence-electron chi connectivity index (χ2n) is 25.4. The maximum absolute atomic E-state index is 17.1. The summed E-state index contributed by atoms with van der Waals surface area (Å²) in [5.41, 5.74) is 0.0635. The summed E-state index contributed by atoms with van der Waals surface area (Å²) in [7, 11) is -3.75. The Bertz CT molecular complexity index is 2870. The number of nitrogens with one attached hydrogen (secondary N) is 8. The van der Waals surface area contributed by atoms with Crippen LogP contribution in [0.15, 0.2) is 24.3 Å². The molecule has 1 aliphatic heterocycles. The summed E-state index contributed by atoms with van der Waals surface area (Å²) in [4.78, 5) is 191. The van der Waals surface area contributed by atoms with E-state index < -0.39 is 196 Å². The molecule has 0 saturated carbocycles. The van der Waals surface area contributed by atoms with Crippen LogP contribution >= 0.6 is 0 Å². The number of urea groups is 1. The maximum Gasteiger partial charge on any atom is 0.326 e. The molecule has 0 bridgehead atoms. The van der Waals surface area contributed by atoms with Crippen molar-refractivity contribution in [2.75, 3.05) is 98.2 Å². The first-order valence-electron chi connectivity index (χ1n) is 31.4. The first-order valence-corrected chi connectivity index (χ1v) is 33.3. The van der Waals surface area contributed by atoms with Crippen molar-refractivity contribution in [3.63, 3.8) is 0 Å². The molecule has 2 rings (SSSR count). The Kier molecular flexibility index (Phi) is 35.8. The van der Waals surface area contributed by atoms with Gasteiger partial charge in [-0.05, 0) is 72.3 Å². The number of unbranched alkanes of at least 4 members (excludes halogenated alkanes) is 1. The first kappa shape index (κ1) is 84.1. The van der Waals surface area contributed by atoms with Crippen LogP contribution in [0.1, 0.15) is 123 Å². The first-order chi connectivity index (χ1) is 45.2. The highest BCUT2D eigenvalue weighted by Gasteiger charge is 2.56. The van der Waals surface area contributed by atoms with Crippen LogP contribution in [-0.4, -0.2) is 271 Å². The Balaban J connectivity index is 2.11. The van der Waals surface area contributed by atoms with Crippen molar-refractivity contribution in [1.29, 1.82) is 0 Å². The Morgan fingerprint density at radius 1 is 0.443 bits per heavy atom. The predicted molar refractivity (Wildman–Crippen MR) is 336 cm³/mol. The topological polar surface area (TPSA) is 536 Å². The molecule has 37 heteroatoms. The van der Waals surface area contributed by atoms with Crippen LogP contribution in [0.2, 0.25) is 10.1 Å². The van der Waals surface area contributed by atoms with Crippen molar-refractivity contribution in [3.8, 4) is 0 Å². The summed E-state index contributed by atoms with van der Waals surface area (Å²) in [6.45, 7) is 7.97. The van der Waals surface area contributed by atoms with Gasteiger partial charge in [0.15, 0.2) is 0 Å². The number of carboxylic acids is 8. The fourth-order valence-electron chi connectivity index (χ4n) is 10.7. The highest BCUT2D eigenvalue weighted by atomic mass is 28.4. The summed E-state index contributed by atoms with van der Waals surface area (Å²) in [5.74, 6) is -16.6. The van der Waals surface area contributed by atoms with Gasteiger partial charge < -0.3 is 102 Å². The predicted octanol–water partition coefficient (Wildman–Crippen LogP) is -5.95. The van der Waals surface area contributed by atoms with E-state index >= 15 is 4.11 Å². The van der Waals surface area contributed by atoms with Crippen molar-refractivity contribution >= 4 is 103 Å². The minimum absolute atomic E-state index is 0.00482. The van der Waals surface area contributed by atoms with Crippen molar-refractivity contribution in [2.24, 2.45) is 0 Å². The summed E-state index contributed by atoms with van der Waals surface area (Å²) in [6.07, 6.45) is -3.09. The van der Waals surface area contributed by atoms with Crippen LogP contribution in [0.3, 0.4) is 0 Å². The third kappa shape index (κ3) is 32.1. The zero-order valence-electron chi connectivity index (χ0n) is 55.3. The molecule has 0 spiro atoms. The fraction of sp³-hybridized carbons (Fsp3) is 0.650. The summed E-state index contributed by atoms with van der Waals surface area (Å²) in [5, 5.41) is 100.0. The number of carbonyl (C=O) groups is 15. The molecule has 544 valence electrons. The lowest BCUT2D eigenvalue weighted by atomic mass is 10.1. The monoisotopic (exact) mass is 1400 g/mol. The molecule has 1 aromatic rings. The molecule has 13 N–H and O–H groups in total. The van der Waals surface area contributed by atoms with Crippen molar-refractivity contribution < 1.29 is 117 Å². The van der Waals surface area contributed by atoms with E-state index in [0.29, 0.717) is 5.19 Å². The minimum Gasteiger partial charge on any atom is -0.549 e. The van der Waals surface area contributed by atoms with E-state index in [9.17, 15) is 108 Å². The van der Waals surface area contributed by atoms with Crippen molar-refractivity contribution in [2.45, 2.75) is 152 Å². The molecule has 1 aliphatic rings. The Hall–Kier alpha value is -8.94. The van der Waals surface area contributed by atoms with Gasteiger partial charge in [0.1, 0.15) is 30.2 Å². The van der Waals surface area contributed by atoms with Gasteiger partial charge in [-0.3, -0.25) is 53.2 Å². The maximum atomic E-state index is 17.1. The minimum atomic E-state index is -3.75. The molecule has 1 fully saturated rings. The van der Waals surface area contributed by atoms with Gasteiger partial charge in [0.05, 0.1) is 24.5 Å². The Morgan fingerprint density at radius 3 is 1.22 bits per heavy atom. The van der Waals surface area contributed by atoms with Gasteiger partial charge >= 0.3 is 35.9 Å². The molecule has 0 radical (unpaired) electrons. The number of amides is 8. The normalized spacial score (nSPS) is 15.5. The fourth-order valence-corrected chi connectivity index (χ4v) is 15.3. The lowest BCUT2D eigenvalue weighted by Gasteiger charge is -2.44. The zero-order chi connectivity index (χ0) is 73.4. The molecular weight excluding hydrogens is 1300 g/mol. The van der Waals surface area contributed by atoms with Gasteiger partial charge in [-0.15, -0.1) is 0 Å². The second-order valence-corrected chi connectivity index (χ2v) is 30.2. The highest BCUT2D eigenvalue weighted by Crippen LogP contribution is 2.51. The third-order valence-corrected chi connectivity index (χ3v) is 20.9. The van der Waals surface area contributed by atoms with Crippen LogP contribution in [-0.2, 0) is 62.3 Å². The number of carboxylic acid groups (broad SMARTS) is 8. The lowest BCUT2D eigenvalue weighted by Crippen LogP contribution is -2.58. The number of aliphatic carboxylic acids is 8. The zero-order valence-corrected chi connectivity index (χ0v) is 56.3. The van der Waals surface area contributed by atoms with Gasteiger partial charge in [-0.25, -0.2) is 24.0 Å². The van der Waals surface area contributed by atoms with Crippen LogP contribution in [0.5, 0.6) is 0 Å². The second kappa shape index (κ2) is 41.2. The average Bonchev–Trinajstić information content (AvgIpc) is 0.749. The SMILES string of the molecule is CC(C)(C)[Si](F)(c1ccc(C(=O)NC[C@@H](NC(=O)CN2CCN(CC(=O)[O-])CCN(CC(=O)[O-])CCN(CC(=O)[O-])CC2)C(=O)N[C@@H](CCCCNC(=O)CCC(=O)NCCC[C@H](NC(=O)CC[C@H](NC(=O)N[C@@H](CCC(=O)O)C(=O)O)C(=O)O)C(=O)O)C(=O)O)cc1)C(C)(C)C. The number of rotatable bonds is 40. The molecule has 1 aromatic carbocycles. The number of benzene rings is 1. The summed E-state index contributed by atoms with van der Waals surface area (Å²) in [6, 6.07) is -3.53. The standard InChI is InChI=1S/C60H95FN12O23Si/c1-59(2,3)97(61,60(4,5)6)38-14-12-37(13-15-38)52(86)64-32-43(66-47(77)33-70-24-26-71(34-49(80)81)28-30-73(36-51(84)85)31-29-72(27-25-70)35-50(82)83)53(87)67-40(55(90)91)10-7-8-22-62-44(74)19-20-45(75)63-23-9-11-39(54(88)89)65-46(76)18-16-41(56(92)93)68-58(96)69-42(57(94)95)17-21-48(78)79/h12-15,39-43H,7-11,16-36H2,1-6H3,(H,62,74)(H,63,75)(H,64,86)(H,65,76)(H,66,77)(H,67,87)(H,78,79)(H,80,81)(H,82,83)(H,84,85)(H,88,89)(H,90,91)(H,92,93)(H,94,95)(H2,68,69,96)/p-3/t39-,40-,41-,42-,43+/m0/s1. The van der Waals surface area contributed by atoms with E-state index in [1.54, 1.807) is 0 Å². The molecule has 5 atom stereocenters. The van der Waals surface area contributed by atoms with Gasteiger partial charge in [-0.2, -0.15) is 0 Å².